The number of carbonyl (C=O) groups is 1. The molecule has 1 aromatic carbocycles. The number of fused-ring (bicyclic) bond motifs is 1. The number of nitrogens with one attached hydrogen (secondary N) is 2. The van der Waals surface area contributed by atoms with E-state index < -0.39 is 0 Å². The van der Waals surface area contributed by atoms with Crippen LogP contribution in [0.3, 0.4) is 0 Å². The van der Waals surface area contributed by atoms with Crippen LogP contribution in [0.4, 0.5) is 0 Å². The van der Waals surface area contributed by atoms with Crippen LogP contribution in [0, 0.1) is 13.8 Å². The van der Waals surface area contributed by atoms with E-state index in [2.05, 4.69) is 59.2 Å². The standard InChI is InChI=1S/C24H36N4O2/c1-16-12-19(13-22-23(16)17(2)15-27(22)10-5-11-30-4)18(3)28(20-6-7-20)24(29)21-14-25-8-9-26-21/h12-13,15,18,20-21,25-26H,5-11,14H2,1-4H3/t18-,21-/m1/s1. The molecule has 6 heteroatoms. The Labute approximate surface area is 179 Å². The summed E-state index contributed by atoms with van der Waals surface area (Å²) in [5, 5.41) is 8.09. The molecule has 2 aromatic rings. The maximum atomic E-state index is 13.4. The quantitative estimate of drug-likeness (QED) is 0.655. The number of rotatable bonds is 8. The minimum Gasteiger partial charge on any atom is -0.385 e. The van der Waals surface area contributed by atoms with Crippen molar-refractivity contribution in [3.05, 3.63) is 35.0 Å². The van der Waals surface area contributed by atoms with Crippen molar-refractivity contribution in [3.63, 3.8) is 0 Å². The van der Waals surface area contributed by atoms with Crippen LogP contribution >= 0.6 is 0 Å². The third-order valence-electron chi connectivity index (χ3n) is 6.57. The highest BCUT2D eigenvalue weighted by Crippen LogP contribution is 2.37. The fraction of sp³-hybridized carbons (Fsp3) is 0.625. The number of methoxy groups -OCH3 is 1. The van der Waals surface area contributed by atoms with E-state index >= 15 is 0 Å². The summed E-state index contributed by atoms with van der Waals surface area (Å²) in [7, 11) is 1.75. The Kier molecular flexibility index (Phi) is 6.46. The fourth-order valence-corrected chi connectivity index (χ4v) is 4.92. The van der Waals surface area contributed by atoms with Crippen LogP contribution in [0.15, 0.2) is 18.3 Å². The van der Waals surface area contributed by atoms with Gasteiger partial charge < -0.3 is 24.8 Å². The molecular formula is C24H36N4O2. The van der Waals surface area contributed by atoms with E-state index in [0.717, 1.165) is 45.5 Å². The molecule has 4 rings (SSSR count). The summed E-state index contributed by atoms with van der Waals surface area (Å²) in [6.07, 6.45) is 5.47. The number of benzene rings is 1. The number of nitrogens with zero attached hydrogens (tertiary/aromatic N) is 2. The van der Waals surface area contributed by atoms with Gasteiger partial charge in [0.25, 0.3) is 0 Å². The summed E-state index contributed by atoms with van der Waals surface area (Å²) in [6.45, 7) is 10.8. The van der Waals surface area contributed by atoms with Crippen LogP contribution in [0.1, 0.15) is 48.9 Å². The monoisotopic (exact) mass is 412 g/mol. The zero-order valence-corrected chi connectivity index (χ0v) is 18.8. The first-order valence-electron chi connectivity index (χ1n) is 11.4. The lowest BCUT2D eigenvalue weighted by Gasteiger charge is -2.35. The molecule has 2 N–H and O–H groups in total. The van der Waals surface area contributed by atoms with Gasteiger partial charge in [-0.05, 0) is 62.8 Å². The smallest absolute Gasteiger partial charge is 0.241 e. The van der Waals surface area contributed by atoms with Gasteiger partial charge in [-0.1, -0.05) is 6.07 Å². The second-order valence-corrected chi connectivity index (χ2v) is 8.95. The number of carbonyl (C=O) groups excluding carboxylic acids is 1. The van der Waals surface area contributed by atoms with Crippen molar-refractivity contribution in [1.29, 1.82) is 0 Å². The maximum Gasteiger partial charge on any atom is 0.241 e. The van der Waals surface area contributed by atoms with E-state index in [1.165, 1.54) is 27.6 Å². The van der Waals surface area contributed by atoms with Gasteiger partial charge in [-0.15, -0.1) is 0 Å². The number of hydrogen-bond acceptors (Lipinski definition) is 4. The first kappa shape index (κ1) is 21.3. The molecule has 0 spiro atoms. The van der Waals surface area contributed by atoms with Crippen molar-refractivity contribution in [2.75, 3.05) is 33.4 Å². The summed E-state index contributed by atoms with van der Waals surface area (Å²) in [4.78, 5) is 15.5. The van der Waals surface area contributed by atoms with E-state index in [9.17, 15) is 4.79 Å². The number of piperazine rings is 1. The van der Waals surface area contributed by atoms with Crippen molar-refractivity contribution in [3.8, 4) is 0 Å². The number of hydrogen-bond donors (Lipinski definition) is 2. The number of aromatic nitrogens is 1. The van der Waals surface area contributed by atoms with Gasteiger partial charge in [0, 0.05) is 63.0 Å². The second-order valence-electron chi connectivity index (χ2n) is 8.95. The fourth-order valence-electron chi connectivity index (χ4n) is 4.92. The highest BCUT2D eigenvalue weighted by Gasteiger charge is 2.39. The van der Waals surface area contributed by atoms with Gasteiger partial charge in [0.05, 0.1) is 12.1 Å². The van der Waals surface area contributed by atoms with Gasteiger partial charge in [0.2, 0.25) is 5.91 Å². The Morgan fingerprint density at radius 3 is 2.73 bits per heavy atom. The predicted octanol–water partition coefficient (Wildman–Crippen LogP) is 2.91. The van der Waals surface area contributed by atoms with Gasteiger partial charge in [-0.25, -0.2) is 0 Å². The minimum atomic E-state index is -0.119. The first-order chi connectivity index (χ1) is 14.5. The zero-order chi connectivity index (χ0) is 21.3. The highest BCUT2D eigenvalue weighted by molar-refractivity contribution is 5.88. The molecule has 1 aromatic heterocycles. The average molecular weight is 413 g/mol. The summed E-state index contributed by atoms with van der Waals surface area (Å²) >= 11 is 0. The molecule has 2 heterocycles. The Bertz CT molecular complexity index is 896. The van der Waals surface area contributed by atoms with Crippen LogP contribution in [-0.2, 0) is 16.1 Å². The normalized spacial score (nSPS) is 20.5. The number of aryl methyl sites for hydroxylation is 3. The lowest BCUT2D eigenvalue weighted by atomic mass is 9.99. The van der Waals surface area contributed by atoms with Crippen LogP contribution < -0.4 is 10.6 Å². The molecule has 30 heavy (non-hydrogen) atoms. The third-order valence-corrected chi connectivity index (χ3v) is 6.57. The summed E-state index contributed by atoms with van der Waals surface area (Å²) in [5.41, 5.74) is 5.10. The first-order valence-corrected chi connectivity index (χ1v) is 11.4. The summed E-state index contributed by atoms with van der Waals surface area (Å²) < 4.78 is 7.60. The third kappa shape index (κ3) is 4.27. The number of ether oxygens (including phenoxy) is 1. The maximum absolute atomic E-state index is 13.4. The molecule has 1 saturated carbocycles. The van der Waals surface area contributed by atoms with Gasteiger partial charge >= 0.3 is 0 Å². The summed E-state index contributed by atoms with van der Waals surface area (Å²) in [6, 6.07) is 4.92. The SMILES string of the molecule is COCCCn1cc(C)c2c(C)cc([C@@H](C)N(C(=O)[C@H]3CNCCN3)C3CC3)cc21. The van der Waals surface area contributed by atoms with Gasteiger partial charge in [0.1, 0.15) is 0 Å². The molecule has 0 unspecified atom stereocenters. The average Bonchev–Trinajstić information content (AvgIpc) is 3.52. The molecule has 1 amide bonds. The molecule has 0 radical (unpaired) electrons. The molecule has 6 nitrogen and oxygen atoms in total. The van der Waals surface area contributed by atoms with E-state index in [0.29, 0.717) is 12.6 Å². The second kappa shape index (κ2) is 9.08. The largest absolute Gasteiger partial charge is 0.385 e. The van der Waals surface area contributed by atoms with Crippen molar-refractivity contribution in [2.24, 2.45) is 0 Å². The molecule has 164 valence electrons. The van der Waals surface area contributed by atoms with Crippen LogP contribution in [0.5, 0.6) is 0 Å². The lowest BCUT2D eigenvalue weighted by molar-refractivity contribution is -0.136. The Morgan fingerprint density at radius 1 is 1.27 bits per heavy atom. The molecule has 1 aliphatic heterocycles. The predicted molar refractivity (Wildman–Crippen MR) is 121 cm³/mol. The van der Waals surface area contributed by atoms with Gasteiger partial charge in [-0.2, -0.15) is 0 Å². The highest BCUT2D eigenvalue weighted by atomic mass is 16.5. The van der Waals surface area contributed by atoms with Gasteiger partial charge in [-0.3, -0.25) is 4.79 Å². The van der Waals surface area contributed by atoms with Crippen LogP contribution in [0.25, 0.3) is 10.9 Å². The van der Waals surface area contributed by atoms with E-state index in [1.807, 2.05) is 0 Å². The van der Waals surface area contributed by atoms with E-state index in [1.54, 1.807) is 7.11 Å². The molecule has 1 aliphatic carbocycles. The molecule has 0 bridgehead atoms. The van der Waals surface area contributed by atoms with Gasteiger partial charge in [0.15, 0.2) is 0 Å². The van der Waals surface area contributed by atoms with Crippen LogP contribution in [0.2, 0.25) is 0 Å². The molecule has 2 fully saturated rings. The summed E-state index contributed by atoms with van der Waals surface area (Å²) in [5.74, 6) is 0.238. The Hall–Kier alpha value is -1.89. The van der Waals surface area contributed by atoms with Crippen molar-refractivity contribution >= 4 is 16.8 Å². The van der Waals surface area contributed by atoms with Crippen molar-refractivity contribution in [1.82, 2.24) is 20.1 Å². The van der Waals surface area contributed by atoms with E-state index in [4.69, 9.17) is 4.74 Å². The Balaban J connectivity index is 1.64. The molecule has 1 saturated heterocycles. The molecular weight excluding hydrogens is 376 g/mol. The lowest BCUT2D eigenvalue weighted by Crippen LogP contribution is -2.57. The Morgan fingerprint density at radius 2 is 2.07 bits per heavy atom. The topological polar surface area (TPSA) is 58.5 Å². The molecule has 2 aliphatic rings. The zero-order valence-electron chi connectivity index (χ0n) is 18.8. The minimum absolute atomic E-state index is 0.0689. The number of amides is 1. The van der Waals surface area contributed by atoms with Crippen molar-refractivity contribution < 1.29 is 9.53 Å². The van der Waals surface area contributed by atoms with E-state index in [-0.39, 0.29) is 18.0 Å². The molecule has 2 atom stereocenters. The van der Waals surface area contributed by atoms with Crippen LogP contribution in [-0.4, -0.2) is 60.8 Å². The van der Waals surface area contributed by atoms with Crippen molar-refractivity contribution in [2.45, 2.75) is 64.7 Å².